The van der Waals surface area contributed by atoms with E-state index in [2.05, 4.69) is 14.7 Å². The first-order valence-corrected chi connectivity index (χ1v) is 10.7. The number of hydrogen-bond acceptors (Lipinski definition) is 6. The molecule has 3 heterocycles. The van der Waals surface area contributed by atoms with E-state index in [4.69, 9.17) is 0 Å². The Morgan fingerprint density at radius 1 is 1.14 bits per heavy atom. The number of para-hydroxylation sites is 1. The maximum atomic E-state index is 14.1. The number of rotatable bonds is 3. The van der Waals surface area contributed by atoms with Crippen LogP contribution in [0.3, 0.4) is 0 Å². The third kappa shape index (κ3) is 4.13. The zero-order valence-corrected chi connectivity index (χ0v) is 16.4. The molecule has 8 nitrogen and oxygen atoms in total. The molecule has 1 saturated heterocycles. The Labute approximate surface area is 168 Å². The highest BCUT2D eigenvalue weighted by molar-refractivity contribution is 7.90. The molecule has 2 aliphatic rings. The molecule has 0 spiro atoms. The quantitative estimate of drug-likeness (QED) is 0.815. The zero-order chi connectivity index (χ0) is 20.4. The van der Waals surface area contributed by atoms with Gasteiger partial charge in [0, 0.05) is 38.6 Å². The molecule has 2 aromatic rings. The molecule has 152 valence electrons. The van der Waals surface area contributed by atoms with Crippen molar-refractivity contribution in [3.63, 3.8) is 0 Å². The third-order valence-corrected chi connectivity index (χ3v) is 6.27. The summed E-state index contributed by atoms with van der Waals surface area (Å²) in [5, 5.41) is 2.81. The first-order chi connectivity index (χ1) is 13.9. The lowest BCUT2D eigenvalue weighted by molar-refractivity contribution is 0.0762. The summed E-state index contributed by atoms with van der Waals surface area (Å²) in [5.74, 6) is -0.538. The Morgan fingerprint density at radius 3 is 2.79 bits per heavy atom. The lowest BCUT2D eigenvalue weighted by Gasteiger charge is -2.25. The van der Waals surface area contributed by atoms with E-state index in [0.717, 1.165) is 6.42 Å². The van der Waals surface area contributed by atoms with Gasteiger partial charge in [0.25, 0.3) is 15.9 Å². The standard InChI is InChI=1S/C19H20FN5O3S/c20-15-5-1-6-16-18(15)22-17(23-29(16,27)28)13-24-8-3-9-25(11-10-24)19(26)14-4-2-7-21-12-14/h1-2,4-7,12H,3,8-11,13H2,(H,22,23). The number of aromatic nitrogens is 1. The van der Waals surface area contributed by atoms with Crippen LogP contribution in [-0.4, -0.2) is 67.7 Å². The van der Waals surface area contributed by atoms with Crippen LogP contribution in [0, 0.1) is 5.82 Å². The van der Waals surface area contributed by atoms with Crippen LogP contribution >= 0.6 is 0 Å². The van der Waals surface area contributed by atoms with Crippen LogP contribution in [-0.2, 0) is 10.0 Å². The summed E-state index contributed by atoms with van der Waals surface area (Å²) in [6, 6.07) is 7.33. The predicted octanol–water partition coefficient (Wildman–Crippen LogP) is 1.58. The molecule has 0 saturated carbocycles. The maximum absolute atomic E-state index is 14.1. The topological polar surface area (TPSA) is 95.0 Å². The van der Waals surface area contributed by atoms with Crippen molar-refractivity contribution in [3.05, 3.63) is 54.1 Å². The van der Waals surface area contributed by atoms with Gasteiger partial charge in [-0.15, -0.1) is 4.40 Å². The zero-order valence-electron chi connectivity index (χ0n) is 15.6. The van der Waals surface area contributed by atoms with E-state index in [0.29, 0.717) is 31.7 Å². The van der Waals surface area contributed by atoms with Gasteiger partial charge in [-0.1, -0.05) is 6.07 Å². The Morgan fingerprint density at radius 2 is 2.00 bits per heavy atom. The fraction of sp³-hybridized carbons (Fsp3) is 0.316. The maximum Gasteiger partial charge on any atom is 0.286 e. The molecule has 1 aromatic carbocycles. The lowest BCUT2D eigenvalue weighted by atomic mass is 10.2. The summed E-state index contributed by atoms with van der Waals surface area (Å²) < 4.78 is 42.6. The molecule has 0 bridgehead atoms. The van der Waals surface area contributed by atoms with E-state index in [1.807, 2.05) is 4.90 Å². The Hall–Kier alpha value is -2.85. The number of anilines is 1. The van der Waals surface area contributed by atoms with Gasteiger partial charge >= 0.3 is 0 Å². The number of carbonyl (C=O) groups is 1. The van der Waals surface area contributed by atoms with Crippen LogP contribution in [0.2, 0.25) is 0 Å². The van der Waals surface area contributed by atoms with Gasteiger partial charge in [-0.2, -0.15) is 8.42 Å². The molecule has 1 aromatic heterocycles. The summed E-state index contributed by atoms with van der Waals surface area (Å²) in [4.78, 5) is 20.2. The van der Waals surface area contributed by atoms with Gasteiger partial charge in [-0.05, 0) is 30.7 Å². The molecule has 10 heteroatoms. The minimum absolute atomic E-state index is 0.0688. The SMILES string of the molecule is O=C(c1cccnc1)N1CCCN(CC2=NS(=O)(=O)c3cccc(F)c3N2)CC1. The molecule has 0 unspecified atom stereocenters. The number of benzene rings is 1. The number of fused-ring (bicyclic) bond motifs is 1. The van der Waals surface area contributed by atoms with E-state index in [1.54, 1.807) is 29.4 Å². The number of amides is 1. The minimum Gasteiger partial charge on any atom is -0.338 e. The first kappa shape index (κ1) is 19.5. The van der Waals surface area contributed by atoms with Gasteiger partial charge in [0.2, 0.25) is 0 Å². The molecule has 1 fully saturated rings. The van der Waals surface area contributed by atoms with Crippen LogP contribution in [0.4, 0.5) is 10.1 Å². The number of hydrogen-bond donors (Lipinski definition) is 1. The number of sulfonamides is 1. The number of nitrogens with zero attached hydrogens (tertiary/aromatic N) is 4. The average Bonchev–Trinajstić information content (AvgIpc) is 2.94. The predicted molar refractivity (Wildman–Crippen MR) is 106 cm³/mol. The first-order valence-electron chi connectivity index (χ1n) is 9.25. The summed E-state index contributed by atoms with van der Waals surface area (Å²) in [6.07, 6.45) is 3.90. The van der Waals surface area contributed by atoms with Crippen molar-refractivity contribution < 1.29 is 17.6 Å². The normalized spacial score (nSPS) is 18.9. The van der Waals surface area contributed by atoms with Crippen LogP contribution < -0.4 is 5.32 Å². The fourth-order valence-electron chi connectivity index (χ4n) is 3.49. The van der Waals surface area contributed by atoms with Crippen molar-refractivity contribution in [1.29, 1.82) is 0 Å². The Balaban J connectivity index is 1.44. The summed E-state index contributed by atoms with van der Waals surface area (Å²) in [7, 11) is -3.95. The summed E-state index contributed by atoms with van der Waals surface area (Å²) in [5.41, 5.74) is 0.471. The van der Waals surface area contributed by atoms with Gasteiger partial charge in [-0.25, -0.2) is 4.39 Å². The smallest absolute Gasteiger partial charge is 0.286 e. The molecule has 1 amide bonds. The molecule has 4 rings (SSSR count). The van der Waals surface area contributed by atoms with Gasteiger partial charge in [0.15, 0.2) is 0 Å². The molecule has 1 N–H and O–H groups in total. The molecular formula is C19H20FN5O3S. The van der Waals surface area contributed by atoms with E-state index in [1.165, 1.54) is 18.2 Å². The average molecular weight is 417 g/mol. The number of pyridine rings is 1. The Bertz CT molecular complexity index is 1060. The van der Waals surface area contributed by atoms with E-state index >= 15 is 0 Å². The second-order valence-corrected chi connectivity index (χ2v) is 8.49. The number of halogens is 1. The number of amidine groups is 1. The van der Waals surface area contributed by atoms with Crippen LogP contribution in [0.15, 0.2) is 52.0 Å². The monoisotopic (exact) mass is 417 g/mol. The highest BCUT2D eigenvalue weighted by Crippen LogP contribution is 2.29. The minimum atomic E-state index is -3.95. The van der Waals surface area contributed by atoms with Crippen LogP contribution in [0.25, 0.3) is 0 Å². The number of nitrogens with one attached hydrogen (secondary N) is 1. The molecule has 0 atom stereocenters. The highest BCUT2D eigenvalue weighted by atomic mass is 32.2. The van der Waals surface area contributed by atoms with Crippen molar-refractivity contribution in [2.45, 2.75) is 11.3 Å². The molecular weight excluding hydrogens is 397 g/mol. The van der Waals surface area contributed by atoms with Crippen LogP contribution in [0.1, 0.15) is 16.8 Å². The van der Waals surface area contributed by atoms with Gasteiger partial charge < -0.3 is 10.2 Å². The second-order valence-electron chi connectivity index (χ2n) is 6.91. The van der Waals surface area contributed by atoms with E-state index in [-0.39, 0.29) is 28.9 Å². The van der Waals surface area contributed by atoms with Crippen LogP contribution in [0.5, 0.6) is 0 Å². The summed E-state index contributed by atoms with van der Waals surface area (Å²) >= 11 is 0. The van der Waals surface area contributed by atoms with Crippen molar-refractivity contribution >= 4 is 27.5 Å². The molecule has 2 aliphatic heterocycles. The second kappa shape index (κ2) is 7.88. The van der Waals surface area contributed by atoms with Gasteiger partial charge in [0.1, 0.15) is 16.5 Å². The van der Waals surface area contributed by atoms with E-state index in [9.17, 15) is 17.6 Å². The lowest BCUT2D eigenvalue weighted by Crippen LogP contribution is -2.39. The highest BCUT2D eigenvalue weighted by Gasteiger charge is 2.28. The molecule has 0 aliphatic carbocycles. The fourth-order valence-corrected chi connectivity index (χ4v) is 4.64. The van der Waals surface area contributed by atoms with E-state index < -0.39 is 15.8 Å². The molecule has 29 heavy (non-hydrogen) atoms. The summed E-state index contributed by atoms with van der Waals surface area (Å²) in [6.45, 7) is 2.54. The van der Waals surface area contributed by atoms with Gasteiger partial charge in [0.05, 0.1) is 17.8 Å². The third-order valence-electron chi connectivity index (χ3n) is 4.91. The van der Waals surface area contributed by atoms with Crippen molar-refractivity contribution in [2.75, 3.05) is 38.0 Å². The number of carbonyl (C=O) groups excluding carboxylic acids is 1. The molecule has 0 radical (unpaired) electrons. The van der Waals surface area contributed by atoms with Crippen molar-refractivity contribution in [1.82, 2.24) is 14.8 Å². The van der Waals surface area contributed by atoms with Gasteiger partial charge in [-0.3, -0.25) is 14.7 Å². The Kier molecular flexibility index (Phi) is 5.29. The van der Waals surface area contributed by atoms with Crippen molar-refractivity contribution in [2.24, 2.45) is 4.40 Å². The van der Waals surface area contributed by atoms with Crippen molar-refractivity contribution in [3.8, 4) is 0 Å². The largest absolute Gasteiger partial charge is 0.338 e.